The van der Waals surface area contributed by atoms with Crippen LogP contribution in [0.2, 0.25) is 0 Å². The number of amides is 1. The Kier molecular flexibility index (Phi) is 8.46. The topological polar surface area (TPSA) is 92.5 Å². The van der Waals surface area contributed by atoms with Gasteiger partial charge in [-0.25, -0.2) is 26.0 Å². The molecule has 0 aromatic heterocycles. The lowest BCUT2D eigenvalue weighted by atomic mass is 10.1. The second-order valence-electron chi connectivity index (χ2n) is 5.91. The first kappa shape index (κ1) is 23.6. The highest BCUT2D eigenvalue weighted by Crippen LogP contribution is 2.30. The molecule has 1 atom stereocenters. The first-order valence-corrected chi connectivity index (χ1v) is 9.45. The van der Waals surface area contributed by atoms with Crippen LogP contribution in [0.3, 0.4) is 0 Å². The molecule has 0 radical (unpaired) electrons. The summed E-state index contributed by atoms with van der Waals surface area (Å²) in [6.07, 6.45) is 1.40. The Morgan fingerprint density at radius 2 is 1.78 bits per heavy atom. The van der Waals surface area contributed by atoms with E-state index < -0.39 is 50.1 Å². The third-order valence-corrected chi connectivity index (χ3v) is 6.09. The molecule has 1 aromatic rings. The van der Waals surface area contributed by atoms with Crippen molar-refractivity contribution in [3.05, 3.63) is 29.3 Å². The van der Waals surface area contributed by atoms with Crippen LogP contribution in [0.25, 0.3) is 0 Å². The molecule has 6 nitrogen and oxygen atoms in total. The molecule has 27 heavy (non-hydrogen) atoms. The molecule has 0 aliphatic carbocycles. The third-order valence-electron chi connectivity index (χ3n) is 4.12. The number of piperidine rings is 1. The van der Waals surface area contributed by atoms with E-state index in [9.17, 15) is 30.8 Å². The average molecular weight is 434 g/mol. The summed E-state index contributed by atoms with van der Waals surface area (Å²) in [6.45, 7) is -0.0760. The van der Waals surface area contributed by atoms with Gasteiger partial charge in [-0.2, -0.15) is 4.31 Å². The number of hydrogen-bond acceptors (Lipinski definition) is 4. The third kappa shape index (κ3) is 5.09. The van der Waals surface area contributed by atoms with Crippen LogP contribution in [-0.2, 0) is 14.8 Å². The van der Waals surface area contributed by atoms with Crippen LogP contribution in [0.5, 0.6) is 0 Å². The van der Waals surface area contributed by atoms with Gasteiger partial charge in [0.1, 0.15) is 0 Å². The van der Waals surface area contributed by atoms with Crippen molar-refractivity contribution in [2.45, 2.75) is 36.6 Å². The van der Waals surface area contributed by atoms with Gasteiger partial charge in [-0.1, -0.05) is 6.42 Å². The highest BCUT2D eigenvalue weighted by molar-refractivity contribution is 7.89. The van der Waals surface area contributed by atoms with Gasteiger partial charge in [-0.15, -0.1) is 12.4 Å². The monoisotopic (exact) mass is 433 g/mol. The highest BCUT2D eigenvalue weighted by Gasteiger charge is 2.39. The first-order chi connectivity index (χ1) is 12.2. The molecule has 1 amide bonds. The van der Waals surface area contributed by atoms with Crippen molar-refractivity contribution in [3.8, 4) is 0 Å². The van der Waals surface area contributed by atoms with Crippen LogP contribution in [0.4, 0.5) is 17.6 Å². The van der Waals surface area contributed by atoms with E-state index in [1.165, 1.54) is 0 Å². The molecular formula is C15H20ClF4N3O3S. The van der Waals surface area contributed by atoms with Crippen LogP contribution in [0.1, 0.15) is 25.7 Å². The molecular weight excluding hydrogens is 414 g/mol. The van der Waals surface area contributed by atoms with E-state index in [0.717, 1.165) is 4.31 Å². The summed E-state index contributed by atoms with van der Waals surface area (Å²) >= 11 is 0. The Balaban J connectivity index is 0.00000364. The van der Waals surface area contributed by atoms with Gasteiger partial charge in [0.2, 0.25) is 15.9 Å². The highest BCUT2D eigenvalue weighted by atomic mass is 35.5. The minimum Gasteiger partial charge on any atom is -0.354 e. The lowest BCUT2D eigenvalue weighted by molar-refractivity contribution is -0.121. The minimum atomic E-state index is -4.85. The molecule has 12 heteroatoms. The van der Waals surface area contributed by atoms with Gasteiger partial charge in [0.15, 0.2) is 28.2 Å². The Hall–Kier alpha value is -1.43. The Bertz CT molecular complexity index is 769. The van der Waals surface area contributed by atoms with Crippen LogP contribution in [-0.4, -0.2) is 44.3 Å². The smallest absolute Gasteiger partial charge is 0.249 e. The normalized spacial score (nSPS) is 18.0. The number of halogens is 5. The second kappa shape index (κ2) is 9.67. The number of nitrogens with zero attached hydrogens (tertiary/aromatic N) is 1. The van der Waals surface area contributed by atoms with Crippen LogP contribution < -0.4 is 11.1 Å². The van der Waals surface area contributed by atoms with Crippen molar-refractivity contribution in [1.29, 1.82) is 0 Å². The van der Waals surface area contributed by atoms with E-state index in [1.54, 1.807) is 0 Å². The lowest BCUT2D eigenvalue weighted by Crippen LogP contribution is -2.49. The maximum atomic E-state index is 14.0. The Morgan fingerprint density at radius 3 is 2.33 bits per heavy atom. The van der Waals surface area contributed by atoms with E-state index in [4.69, 9.17) is 5.73 Å². The van der Waals surface area contributed by atoms with Gasteiger partial charge >= 0.3 is 0 Å². The quantitative estimate of drug-likeness (QED) is 0.527. The Morgan fingerprint density at radius 1 is 1.19 bits per heavy atom. The molecule has 1 unspecified atom stereocenters. The number of carbonyl (C=O) groups is 1. The molecule has 0 bridgehead atoms. The van der Waals surface area contributed by atoms with E-state index in [2.05, 4.69) is 5.32 Å². The fourth-order valence-corrected chi connectivity index (χ4v) is 4.66. The number of sulfonamides is 1. The van der Waals surface area contributed by atoms with Gasteiger partial charge in [0, 0.05) is 38.2 Å². The molecule has 1 aliphatic heterocycles. The number of nitrogens with two attached hydrogens (primary N) is 1. The summed E-state index contributed by atoms with van der Waals surface area (Å²) in [4.78, 5) is 9.87. The summed E-state index contributed by atoms with van der Waals surface area (Å²) in [5.74, 6) is -7.94. The van der Waals surface area contributed by atoms with Gasteiger partial charge in [0.25, 0.3) is 0 Å². The van der Waals surface area contributed by atoms with Gasteiger partial charge in [0.05, 0.1) is 0 Å². The van der Waals surface area contributed by atoms with E-state index >= 15 is 0 Å². The minimum absolute atomic E-state index is 0. The zero-order valence-electron chi connectivity index (χ0n) is 14.2. The predicted molar refractivity (Wildman–Crippen MR) is 91.7 cm³/mol. The first-order valence-electron chi connectivity index (χ1n) is 8.01. The Labute approximate surface area is 160 Å². The summed E-state index contributed by atoms with van der Waals surface area (Å²) < 4.78 is 80.9. The van der Waals surface area contributed by atoms with Crippen molar-refractivity contribution in [2.24, 2.45) is 5.73 Å². The van der Waals surface area contributed by atoms with Crippen LogP contribution in [0.15, 0.2) is 11.0 Å². The van der Waals surface area contributed by atoms with Crippen molar-refractivity contribution in [3.63, 3.8) is 0 Å². The average Bonchev–Trinajstić information content (AvgIpc) is 2.59. The molecule has 3 N–H and O–H groups in total. The molecule has 1 heterocycles. The van der Waals surface area contributed by atoms with E-state index in [-0.39, 0.29) is 44.5 Å². The molecule has 1 fully saturated rings. The van der Waals surface area contributed by atoms with E-state index in [0.29, 0.717) is 19.3 Å². The van der Waals surface area contributed by atoms with Crippen molar-refractivity contribution >= 4 is 28.3 Å². The van der Waals surface area contributed by atoms with Crippen LogP contribution >= 0.6 is 12.4 Å². The maximum Gasteiger partial charge on any atom is 0.249 e. The molecule has 0 saturated carbocycles. The van der Waals surface area contributed by atoms with Gasteiger partial charge in [-0.05, 0) is 12.8 Å². The lowest BCUT2D eigenvalue weighted by Gasteiger charge is -2.34. The summed E-state index contributed by atoms with van der Waals surface area (Å²) in [5.41, 5.74) is 5.25. The van der Waals surface area contributed by atoms with Crippen molar-refractivity contribution in [1.82, 2.24) is 9.62 Å². The largest absolute Gasteiger partial charge is 0.354 e. The molecule has 0 spiro atoms. The molecule has 1 saturated heterocycles. The summed E-state index contributed by atoms with van der Waals surface area (Å²) in [5, 5.41) is 2.50. The number of benzene rings is 1. The number of hydrogen-bond donors (Lipinski definition) is 2. The van der Waals surface area contributed by atoms with E-state index in [1.807, 2.05) is 0 Å². The summed E-state index contributed by atoms with van der Waals surface area (Å²) in [7, 11) is -4.85. The molecule has 1 aliphatic rings. The standard InChI is InChI=1S/C15H19F4N3O3S.ClH/c16-10-7-11(17)14(19)15(13(10)18)26(24,25)22-6-2-1-3-9(22)8-21-12(23)4-5-20;/h7,9H,1-6,8,20H2,(H,21,23);1H. The van der Waals surface area contributed by atoms with Crippen molar-refractivity contribution < 1.29 is 30.8 Å². The zero-order chi connectivity index (χ0) is 19.5. The molecule has 2 rings (SSSR count). The predicted octanol–water partition coefficient (Wildman–Crippen LogP) is 1.67. The summed E-state index contributed by atoms with van der Waals surface area (Å²) in [6, 6.07) is -0.842. The second-order valence-corrected chi connectivity index (χ2v) is 7.73. The van der Waals surface area contributed by atoms with Crippen LogP contribution in [0, 0.1) is 23.3 Å². The van der Waals surface area contributed by atoms with Gasteiger partial charge in [-0.3, -0.25) is 4.79 Å². The fraction of sp³-hybridized carbons (Fsp3) is 0.533. The van der Waals surface area contributed by atoms with Crippen molar-refractivity contribution in [2.75, 3.05) is 19.6 Å². The van der Waals surface area contributed by atoms with Gasteiger partial charge < -0.3 is 11.1 Å². The molecule has 154 valence electrons. The SMILES string of the molecule is Cl.NCCC(=O)NCC1CCCCN1S(=O)(=O)c1c(F)c(F)cc(F)c1F. The maximum absolute atomic E-state index is 14.0. The molecule has 1 aromatic carbocycles. The number of nitrogens with one attached hydrogen (secondary N) is 1. The fourth-order valence-electron chi connectivity index (χ4n) is 2.84. The zero-order valence-corrected chi connectivity index (χ0v) is 15.8. The number of rotatable bonds is 6. The number of carbonyl (C=O) groups excluding carboxylic acids is 1.